The number of rotatable bonds is 3. The van der Waals surface area contributed by atoms with Crippen molar-refractivity contribution in [2.24, 2.45) is 11.7 Å². The fourth-order valence-corrected chi connectivity index (χ4v) is 3.92. The smallest absolute Gasteiger partial charge is 0.0453 e. The van der Waals surface area contributed by atoms with Crippen molar-refractivity contribution >= 4 is 35.0 Å². The van der Waals surface area contributed by atoms with E-state index in [4.69, 9.17) is 28.9 Å². The van der Waals surface area contributed by atoms with Crippen LogP contribution in [0.3, 0.4) is 0 Å². The summed E-state index contributed by atoms with van der Waals surface area (Å²) in [5, 5.41) is 1.46. The van der Waals surface area contributed by atoms with Gasteiger partial charge in [-0.25, -0.2) is 0 Å². The average molecular weight is 276 g/mol. The van der Waals surface area contributed by atoms with Gasteiger partial charge in [-0.05, 0) is 48.0 Å². The van der Waals surface area contributed by atoms with Crippen LogP contribution in [0.2, 0.25) is 10.0 Å². The number of benzene rings is 1. The highest BCUT2D eigenvalue weighted by Crippen LogP contribution is 2.30. The van der Waals surface area contributed by atoms with Crippen molar-refractivity contribution in [3.05, 3.63) is 33.8 Å². The van der Waals surface area contributed by atoms with E-state index in [1.54, 1.807) is 0 Å². The molecule has 16 heavy (non-hydrogen) atoms. The Labute approximate surface area is 111 Å². The van der Waals surface area contributed by atoms with Crippen LogP contribution in [0.15, 0.2) is 18.2 Å². The maximum absolute atomic E-state index is 6.22. The molecular formula is C12H15Cl2NS. The lowest BCUT2D eigenvalue weighted by molar-refractivity contribution is 0.463. The van der Waals surface area contributed by atoms with E-state index in [1.807, 2.05) is 30.0 Å². The van der Waals surface area contributed by atoms with Gasteiger partial charge in [0, 0.05) is 16.1 Å². The molecule has 2 N–H and O–H groups in total. The van der Waals surface area contributed by atoms with Crippen LogP contribution in [-0.4, -0.2) is 17.5 Å². The highest BCUT2D eigenvalue weighted by atomic mass is 35.5. The fraction of sp³-hybridized carbons (Fsp3) is 0.500. The van der Waals surface area contributed by atoms with E-state index in [2.05, 4.69) is 0 Å². The minimum atomic E-state index is 0.174. The molecule has 0 aromatic heterocycles. The van der Waals surface area contributed by atoms with Gasteiger partial charge < -0.3 is 5.73 Å². The second-order valence-electron chi connectivity index (χ2n) is 4.19. The van der Waals surface area contributed by atoms with Crippen molar-refractivity contribution in [2.45, 2.75) is 18.9 Å². The van der Waals surface area contributed by atoms with E-state index in [0.717, 1.165) is 22.0 Å². The zero-order valence-electron chi connectivity index (χ0n) is 8.96. The van der Waals surface area contributed by atoms with Crippen molar-refractivity contribution in [1.29, 1.82) is 0 Å². The predicted octanol–water partition coefficient (Wildman–Crippen LogP) is 3.62. The molecule has 2 rings (SSSR count). The van der Waals surface area contributed by atoms with Gasteiger partial charge in [-0.2, -0.15) is 11.8 Å². The van der Waals surface area contributed by atoms with Gasteiger partial charge in [0.25, 0.3) is 0 Å². The standard InChI is InChI=1S/C12H15Cl2NS/c13-10-2-1-3-11(14)9(10)6-12(15)8-4-5-16-7-8/h1-3,8,12H,4-7,15H2. The Morgan fingerprint density at radius 2 is 2.06 bits per heavy atom. The molecule has 1 aliphatic heterocycles. The number of hydrogen-bond donors (Lipinski definition) is 1. The lowest BCUT2D eigenvalue weighted by Gasteiger charge is -2.19. The van der Waals surface area contributed by atoms with E-state index in [9.17, 15) is 0 Å². The van der Waals surface area contributed by atoms with Crippen LogP contribution in [0.5, 0.6) is 0 Å². The monoisotopic (exact) mass is 275 g/mol. The van der Waals surface area contributed by atoms with Gasteiger partial charge in [-0.15, -0.1) is 0 Å². The molecule has 0 saturated carbocycles. The molecule has 1 heterocycles. The third-order valence-corrected chi connectivity index (χ3v) is 4.97. The molecule has 1 aromatic carbocycles. The molecule has 0 amide bonds. The summed E-state index contributed by atoms with van der Waals surface area (Å²) in [5.74, 6) is 3.01. The first kappa shape index (κ1) is 12.6. The third-order valence-electron chi connectivity index (χ3n) is 3.07. The van der Waals surface area contributed by atoms with Crippen molar-refractivity contribution in [2.75, 3.05) is 11.5 Å². The lowest BCUT2D eigenvalue weighted by Crippen LogP contribution is -2.32. The van der Waals surface area contributed by atoms with Gasteiger partial charge in [0.05, 0.1) is 0 Å². The molecule has 1 nitrogen and oxygen atoms in total. The molecule has 0 radical (unpaired) electrons. The van der Waals surface area contributed by atoms with Crippen molar-refractivity contribution in [1.82, 2.24) is 0 Å². The third kappa shape index (κ3) is 2.86. The van der Waals surface area contributed by atoms with Crippen molar-refractivity contribution < 1.29 is 0 Å². The Hall–Kier alpha value is 0.110. The van der Waals surface area contributed by atoms with Gasteiger partial charge in [0.15, 0.2) is 0 Å². The predicted molar refractivity (Wildman–Crippen MR) is 73.6 cm³/mol. The second kappa shape index (κ2) is 5.63. The fourth-order valence-electron chi connectivity index (χ4n) is 2.02. The van der Waals surface area contributed by atoms with Crippen molar-refractivity contribution in [3.63, 3.8) is 0 Å². The van der Waals surface area contributed by atoms with Crippen LogP contribution in [0, 0.1) is 5.92 Å². The van der Waals surface area contributed by atoms with Crippen LogP contribution in [0.25, 0.3) is 0 Å². The first-order chi connectivity index (χ1) is 7.68. The summed E-state index contributed by atoms with van der Waals surface area (Å²) >= 11 is 14.3. The minimum Gasteiger partial charge on any atom is -0.327 e. The van der Waals surface area contributed by atoms with E-state index in [1.165, 1.54) is 17.9 Å². The van der Waals surface area contributed by atoms with Gasteiger partial charge >= 0.3 is 0 Å². The number of hydrogen-bond acceptors (Lipinski definition) is 2. The number of thioether (sulfide) groups is 1. The van der Waals surface area contributed by atoms with Gasteiger partial charge in [-0.1, -0.05) is 29.3 Å². The Morgan fingerprint density at radius 1 is 1.38 bits per heavy atom. The molecule has 1 aromatic rings. The molecular weight excluding hydrogens is 261 g/mol. The molecule has 0 aliphatic carbocycles. The minimum absolute atomic E-state index is 0.174. The van der Waals surface area contributed by atoms with Crippen LogP contribution in [0.1, 0.15) is 12.0 Å². The highest BCUT2D eigenvalue weighted by molar-refractivity contribution is 7.99. The lowest BCUT2D eigenvalue weighted by atomic mass is 9.94. The summed E-state index contributed by atoms with van der Waals surface area (Å²) in [6.07, 6.45) is 2.00. The van der Waals surface area contributed by atoms with Crippen LogP contribution in [0.4, 0.5) is 0 Å². The molecule has 1 fully saturated rings. The van der Waals surface area contributed by atoms with Gasteiger partial charge in [0.1, 0.15) is 0 Å². The van der Waals surface area contributed by atoms with Crippen molar-refractivity contribution in [3.8, 4) is 0 Å². The first-order valence-corrected chi connectivity index (χ1v) is 7.35. The molecule has 0 spiro atoms. The molecule has 4 heteroatoms. The summed E-state index contributed by atoms with van der Waals surface area (Å²) in [4.78, 5) is 0. The molecule has 2 atom stereocenters. The van der Waals surface area contributed by atoms with Crippen LogP contribution >= 0.6 is 35.0 Å². The normalized spacial score (nSPS) is 22.3. The van der Waals surface area contributed by atoms with E-state index in [0.29, 0.717) is 5.92 Å². The van der Waals surface area contributed by atoms with E-state index in [-0.39, 0.29) is 6.04 Å². The van der Waals surface area contributed by atoms with Gasteiger partial charge in [0.2, 0.25) is 0 Å². The Kier molecular flexibility index (Phi) is 4.42. The Balaban J connectivity index is 2.07. The largest absolute Gasteiger partial charge is 0.327 e. The summed E-state index contributed by atoms with van der Waals surface area (Å²) in [6, 6.07) is 5.79. The molecule has 0 bridgehead atoms. The quantitative estimate of drug-likeness (QED) is 0.912. The molecule has 1 saturated heterocycles. The molecule has 2 unspecified atom stereocenters. The van der Waals surface area contributed by atoms with Crippen LogP contribution in [-0.2, 0) is 6.42 Å². The second-order valence-corrected chi connectivity index (χ2v) is 6.16. The van der Waals surface area contributed by atoms with E-state index >= 15 is 0 Å². The molecule has 88 valence electrons. The summed E-state index contributed by atoms with van der Waals surface area (Å²) < 4.78 is 0. The Bertz CT molecular complexity index is 344. The summed E-state index contributed by atoms with van der Waals surface area (Å²) in [6.45, 7) is 0. The maximum Gasteiger partial charge on any atom is 0.0453 e. The van der Waals surface area contributed by atoms with E-state index < -0.39 is 0 Å². The summed E-state index contributed by atoms with van der Waals surface area (Å²) in [5.41, 5.74) is 7.21. The Morgan fingerprint density at radius 3 is 2.62 bits per heavy atom. The number of halogens is 2. The average Bonchev–Trinajstić information content (AvgIpc) is 2.76. The zero-order valence-corrected chi connectivity index (χ0v) is 11.3. The zero-order chi connectivity index (χ0) is 11.5. The summed E-state index contributed by atoms with van der Waals surface area (Å²) in [7, 11) is 0. The SMILES string of the molecule is NC(Cc1c(Cl)cccc1Cl)C1CCSC1. The highest BCUT2D eigenvalue weighted by Gasteiger charge is 2.23. The topological polar surface area (TPSA) is 26.0 Å². The van der Waals surface area contributed by atoms with Gasteiger partial charge in [-0.3, -0.25) is 0 Å². The van der Waals surface area contributed by atoms with Crippen LogP contribution < -0.4 is 5.73 Å². The number of nitrogens with two attached hydrogens (primary N) is 1. The molecule has 1 aliphatic rings. The first-order valence-electron chi connectivity index (χ1n) is 5.44. The maximum atomic E-state index is 6.22.